The van der Waals surface area contributed by atoms with E-state index in [9.17, 15) is 14.9 Å². The van der Waals surface area contributed by atoms with Gasteiger partial charge in [0.2, 0.25) is 5.95 Å². The minimum absolute atomic E-state index is 0.0481. The van der Waals surface area contributed by atoms with E-state index in [2.05, 4.69) is 10.3 Å². The summed E-state index contributed by atoms with van der Waals surface area (Å²) in [5.41, 5.74) is 0.347. The largest absolute Gasteiger partial charge is 0.333 e. The maximum atomic E-state index is 12.4. The molecule has 20 heavy (non-hydrogen) atoms. The van der Waals surface area contributed by atoms with E-state index in [-0.39, 0.29) is 11.7 Å². The predicted molar refractivity (Wildman–Crippen MR) is 72.6 cm³/mol. The molecule has 0 spiro atoms. The standard InChI is InChI=1S/C12H13N5O3/c1-12(2)14-10-13-8-6-7(17(19)20)4-5-9(8)16(10)11(18)15(12)3/h4-6H,1-3H3,(H,13,14). The molecule has 8 nitrogen and oxygen atoms in total. The van der Waals surface area contributed by atoms with Gasteiger partial charge >= 0.3 is 6.03 Å². The Bertz CT molecular complexity index is 749. The number of hydrogen-bond acceptors (Lipinski definition) is 5. The van der Waals surface area contributed by atoms with Gasteiger partial charge in [-0.2, -0.15) is 0 Å². The molecule has 0 aliphatic carbocycles. The van der Waals surface area contributed by atoms with E-state index < -0.39 is 10.6 Å². The third-order valence-corrected chi connectivity index (χ3v) is 3.58. The minimum atomic E-state index is -0.569. The number of carbonyl (C=O) groups excluding carboxylic acids is 1. The summed E-state index contributed by atoms with van der Waals surface area (Å²) >= 11 is 0. The van der Waals surface area contributed by atoms with Crippen LogP contribution in [0.15, 0.2) is 18.2 Å². The average Bonchev–Trinajstić information content (AvgIpc) is 2.71. The summed E-state index contributed by atoms with van der Waals surface area (Å²) in [6, 6.07) is 4.04. The Labute approximate surface area is 114 Å². The highest BCUT2D eigenvalue weighted by atomic mass is 16.6. The number of nitro benzene ring substituents is 1. The first-order chi connectivity index (χ1) is 9.31. The predicted octanol–water partition coefficient (Wildman–Crippen LogP) is 2.01. The van der Waals surface area contributed by atoms with E-state index in [4.69, 9.17) is 0 Å². The maximum absolute atomic E-state index is 12.4. The van der Waals surface area contributed by atoms with Crippen molar-refractivity contribution in [2.75, 3.05) is 12.4 Å². The van der Waals surface area contributed by atoms with Crippen molar-refractivity contribution in [1.29, 1.82) is 0 Å². The van der Waals surface area contributed by atoms with E-state index in [0.717, 1.165) is 0 Å². The summed E-state index contributed by atoms with van der Waals surface area (Å²) < 4.78 is 1.42. The quantitative estimate of drug-likeness (QED) is 0.634. The average molecular weight is 275 g/mol. The van der Waals surface area contributed by atoms with Crippen LogP contribution < -0.4 is 5.32 Å². The van der Waals surface area contributed by atoms with Gasteiger partial charge in [0.1, 0.15) is 5.66 Å². The molecule has 0 fully saturated rings. The van der Waals surface area contributed by atoms with Crippen LogP contribution in [0.5, 0.6) is 0 Å². The fraction of sp³-hybridized carbons (Fsp3) is 0.333. The van der Waals surface area contributed by atoms with Gasteiger partial charge in [-0.25, -0.2) is 14.3 Å². The van der Waals surface area contributed by atoms with Gasteiger partial charge in [-0.3, -0.25) is 10.1 Å². The van der Waals surface area contributed by atoms with Crippen LogP contribution in [0, 0.1) is 10.1 Å². The summed E-state index contributed by atoms with van der Waals surface area (Å²) in [5, 5.41) is 13.9. The molecule has 1 aromatic carbocycles. The number of aromatic nitrogens is 2. The zero-order valence-electron chi connectivity index (χ0n) is 11.2. The van der Waals surface area contributed by atoms with Gasteiger partial charge in [0.25, 0.3) is 5.69 Å². The van der Waals surface area contributed by atoms with E-state index in [1.54, 1.807) is 11.9 Å². The molecule has 1 amide bonds. The number of hydrogen-bond donors (Lipinski definition) is 1. The summed E-state index contributed by atoms with van der Waals surface area (Å²) in [7, 11) is 1.69. The molecule has 0 bridgehead atoms. The van der Waals surface area contributed by atoms with Crippen molar-refractivity contribution in [3.05, 3.63) is 28.3 Å². The molecule has 8 heteroatoms. The zero-order valence-corrected chi connectivity index (χ0v) is 11.2. The molecule has 3 rings (SSSR count). The first-order valence-corrected chi connectivity index (χ1v) is 6.04. The van der Waals surface area contributed by atoms with Crippen LogP contribution in [0.2, 0.25) is 0 Å². The number of anilines is 1. The first kappa shape index (κ1) is 12.4. The molecular weight excluding hydrogens is 262 g/mol. The van der Waals surface area contributed by atoms with Crippen LogP contribution in [-0.2, 0) is 0 Å². The molecular formula is C12H13N5O3. The Morgan fingerprint density at radius 2 is 2.10 bits per heavy atom. The van der Waals surface area contributed by atoms with Gasteiger partial charge in [0, 0.05) is 19.2 Å². The lowest BCUT2D eigenvalue weighted by molar-refractivity contribution is -0.384. The summed E-state index contributed by atoms with van der Waals surface area (Å²) in [6.07, 6.45) is 0. The number of rotatable bonds is 1. The fourth-order valence-corrected chi connectivity index (χ4v) is 2.21. The topological polar surface area (TPSA) is 93.3 Å². The zero-order chi connectivity index (χ0) is 14.7. The Morgan fingerprint density at radius 1 is 1.40 bits per heavy atom. The molecule has 104 valence electrons. The van der Waals surface area contributed by atoms with Crippen molar-refractivity contribution in [3.8, 4) is 0 Å². The van der Waals surface area contributed by atoms with Crippen LogP contribution in [0.4, 0.5) is 16.4 Å². The smallest absolute Gasteiger partial charge is 0.333 e. The molecule has 1 aromatic heterocycles. The third kappa shape index (κ3) is 1.54. The van der Waals surface area contributed by atoms with Crippen LogP contribution >= 0.6 is 0 Å². The van der Waals surface area contributed by atoms with Crippen LogP contribution in [-0.4, -0.2) is 38.1 Å². The highest BCUT2D eigenvalue weighted by Gasteiger charge is 2.37. The number of nitrogens with one attached hydrogen (secondary N) is 1. The van der Waals surface area contributed by atoms with Crippen LogP contribution in [0.1, 0.15) is 13.8 Å². The molecule has 0 unspecified atom stereocenters. The monoisotopic (exact) mass is 275 g/mol. The van der Waals surface area contributed by atoms with E-state index in [1.807, 2.05) is 13.8 Å². The van der Waals surface area contributed by atoms with Crippen molar-refractivity contribution in [2.45, 2.75) is 19.5 Å². The molecule has 1 aliphatic heterocycles. The highest BCUT2D eigenvalue weighted by molar-refractivity contribution is 5.95. The number of carbonyl (C=O) groups is 1. The molecule has 2 heterocycles. The first-order valence-electron chi connectivity index (χ1n) is 6.04. The molecule has 0 saturated carbocycles. The van der Waals surface area contributed by atoms with Crippen molar-refractivity contribution in [1.82, 2.24) is 14.5 Å². The van der Waals surface area contributed by atoms with Crippen LogP contribution in [0.25, 0.3) is 11.0 Å². The van der Waals surface area contributed by atoms with Gasteiger partial charge in [0.05, 0.1) is 16.0 Å². The number of benzene rings is 1. The molecule has 0 saturated heterocycles. The van der Waals surface area contributed by atoms with Gasteiger partial charge in [-0.1, -0.05) is 0 Å². The number of nitro groups is 1. The van der Waals surface area contributed by atoms with Crippen molar-refractivity contribution < 1.29 is 9.72 Å². The molecule has 0 radical (unpaired) electrons. The van der Waals surface area contributed by atoms with E-state index in [0.29, 0.717) is 17.0 Å². The lowest BCUT2D eigenvalue weighted by Gasteiger charge is -2.40. The normalized spacial score (nSPS) is 16.9. The molecule has 2 aromatic rings. The van der Waals surface area contributed by atoms with Crippen molar-refractivity contribution in [3.63, 3.8) is 0 Å². The SMILES string of the molecule is CN1C(=O)n2c(nc3cc([N+](=O)[O-])ccc32)NC1(C)C. The third-order valence-electron chi connectivity index (χ3n) is 3.58. The van der Waals surface area contributed by atoms with Gasteiger partial charge in [-0.05, 0) is 19.9 Å². The number of imidazole rings is 1. The second-order valence-electron chi connectivity index (χ2n) is 5.23. The molecule has 1 aliphatic rings. The van der Waals surface area contributed by atoms with Gasteiger partial charge < -0.3 is 10.2 Å². The Balaban J connectivity index is 2.25. The maximum Gasteiger partial charge on any atom is 0.333 e. The summed E-state index contributed by atoms with van der Waals surface area (Å²) in [5.74, 6) is 0.397. The lowest BCUT2D eigenvalue weighted by Crippen LogP contribution is -2.56. The second kappa shape index (κ2) is 3.69. The number of fused-ring (bicyclic) bond motifs is 3. The highest BCUT2D eigenvalue weighted by Crippen LogP contribution is 2.30. The minimum Gasteiger partial charge on any atom is -0.333 e. The van der Waals surface area contributed by atoms with Crippen LogP contribution in [0.3, 0.4) is 0 Å². The van der Waals surface area contributed by atoms with Gasteiger partial charge in [-0.15, -0.1) is 0 Å². The Morgan fingerprint density at radius 3 is 2.75 bits per heavy atom. The summed E-state index contributed by atoms with van der Waals surface area (Å²) in [6.45, 7) is 3.71. The van der Waals surface area contributed by atoms with E-state index in [1.165, 1.54) is 22.8 Å². The van der Waals surface area contributed by atoms with Crippen molar-refractivity contribution in [2.24, 2.45) is 0 Å². The fourth-order valence-electron chi connectivity index (χ4n) is 2.21. The van der Waals surface area contributed by atoms with Gasteiger partial charge in [0.15, 0.2) is 0 Å². The Hall–Kier alpha value is -2.64. The number of amides is 1. The summed E-state index contributed by atoms with van der Waals surface area (Å²) in [4.78, 5) is 28.5. The molecule has 1 N–H and O–H groups in total. The Kier molecular flexibility index (Phi) is 2.28. The molecule has 0 atom stereocenters. The second-order valence-corrected chi connectivity index (χ2v) is 5.23. The number of nitrogens with zero attached hydrogens (tertiary/aromatic N) is 4. The van der Waals surface area contributed by atoms with Crippen molar-refractivity contribution >= 4 is 28.7 Å². The number of non-ortho nitro benzene ring substituents is 1. The lowest BCUT2D eigenvalue weighted by atomic mass is 10.2. The van der Waals surface area contributed by atoms with E-state index >= 15 is 0 Å².